The molecule has 0 radical (unpaired) electrons. The minimum atomic E-state index is -0.325. The van der Waals surface area contributed by atoms with Crippen molar-refractivity contribution in [3.8, 4) is 11.5 Å². The number of rotatable bonds is 4. The van der Waals surface area contributed by atoms with Crippen LogP contribution in [0.3, 0.4) is 0 Å². The number of carbonyl (C=O) groups is 1. The van der Waals surface area contributed by atoms with Gasteiger partial charge in [-0.3, -0.25) is 4.79 Å². The zero-order chi connectivity index (χ0) is 16.1. The van der Waals surface area contributed by atoms with Gasteiger partial charge in [0.1, 0.15) is 0 Å². The number of hydrogen-bond donors (Lipinski definition) is 2. The van der Waals surface area contributed by atoms with E-state index < -0.39 is 0 Å². The summed E-state index contributed by atoms with van der Waals surface area (Å²) in [6, 6.07) is 10.3. The summed E-state index contributed by atoms with van der Waals surface area (Å²) in [5, 5.41) is 13.6. The lowest BCUT2D eigenvalue weighted by Crippen LogP contribution is -2.18. The molecule has 0 unspecified atom stereocenters. The molecule has 0 saturated heterocycles. The first-order valence-electron chi connectivity index (χ1n) is 6.17. The molecule has 0 fully saturated rings. The highest BCUT2D eigenvalue weighted by molar-refractivity contribution is 9.10. The van der Waals surface area contributed by atoms with Gasteiger partial charge in [0.2, 0.25) is 0 Å². The van der Waals surface area contributed by atoms with Gasteiger partial charge < -0.3 is 9.84 Å². The molecule has 114 valence electrons. The summed E-state index contributed by atoms with van der Waals surface area (Å²) in [5.74, 6) is -0.00149. The quantitative estimate of drug-likeness (QED) is 0.577. The molecule has 0 bridgehead atoms. The van der Waals surface area contributed by atoms with Crippen LogP contribution in [0.1, 0.15) is 15.9 Å². The third-order valence-electron chi connectivity index (χ3n) is 2.77. The summed E-state index contributed by atoms with van der Waals surface area (Å²) in [7, 11) is 1.46. The Labute approximate surface area is 144 Å². The molecule has 0 heterocycles. The van der Waals surface area contributed by atoms with Crippen molar-refractivity contribution >= 4 is 44.0 Å². The fraction of sp³-hybridized carbons (Fsp3) is 0.0667. The highest BCUT2D eigenvalue weighted by Gasteiger charge is 2.09. The van der Waals surface area contributed by atoms with E-state index in [1.807, 2.05) is 6.07 Å². The van der Waals surface area contributed by atoms with Gasteiger partial charge in [0.25, 0.3) is 5.91 Å². The normalized spacial score (nSPS) is 10.7. The van der Waals surface area contributed by atoms with Gasteiger partial charge >= 0.3 is 0 Å². The Bertz CT molecular complexity index is 733. The van der Waals surface area contributed by atoms with Crippen LogP contribution in [-0.2, 0) is 0 Å². The summed E-state index contributed by atoms with van der Waals surface area (Å²) in [4.78, 5) is 12.0. The number of nitrogens with zero attached hydrogens (tertiary/aromatic N) is 1. The van der Waals surface area contributed by atoms with Crippen molar-refractivity contribution in [2.24, 2.45) is 5.10 Å². The molecule has 5 nitrogen and oxygen atoms in total. The van der Waals surface area contributed by atoms with Gasteiger partial charge in [-0.15, -0.1) is 0 Å². The monoisotopic (exact) mass is 426 g/mol. The van der Waals surface area contributed by atoms with Gasteiger partial charge in [-0.05, 0) is 61.7 Å². The number of ether oxygens (including phenoxy) is 1. The SMILES string of the molecule is COc1cc(C=NNC(=O)c2ccccc2Br)cc(Br)c1O. The zero-order valence-electron chi connectivity index (χ0n) is 11.5. The maximum absolute atomic E-state index is 12.0. The summed E-state index contributed by atoms with van der Waals surface area (Å²) in [5.41, 5.74) is 3.59. The van der Waals surface area contributed by atoms with Crippen LogP contribution in [0.2, 0.25) is 0 Å². The Morgan fingerprint density at radius 1 is 1.27 bits per heavy atom. The maximum atomic E-state index is 12.0. The predicted octanol–water partition coefficient (Wildman–Crippen LogP) is 3.69. The molecule has 0 atom stereocenters. The highest BCUT2D eigenvalue weighted by Crippen LogP contribution is 2.34. The van der Waals surface area contributed by atoms with Gasteiger partial charge in [-0.2, -0.15) is 5.10 Å². The van der Waals surface area contributed by atoms with Crippen molar-refractivity contribution in [1.29, 1.82) is 0 Å². The van der Waals surface area contributed by atoms with Gasteiger partial charge in [-0.1, -0.05) is 12.1 Å². The number of hydrazone groups is 1. The van der Waals surface area contributed by atoms with Crippen LogP contribution < -0.4 is 10.2 Å². The topological polar surface area (TPSA) is 70.9 Å². The second kappa shape index (κ2) is 7.42. The molecule has 0 spiro atoms. The van der Waals surface area contributed by atoms with Crippen molar-refractivity contribution in [2.75, 3.05) is 7.11 Å². The molecule has 1 amide bonds. The molecule has 0 aromatic heterocycles. The number of methoxy groups -OCH3 is 1. The minimum Gasteiger partial charge on any atom is -0.503 e. The largest absolute Gasteiger partial charge is 0.503 e. The van der Waals surface area contributed by atoms with Gasteiger partial charge in [0, 0.05) is 4.47 Å². The lowest BCUT2D eigenvalue weighted by atomic mass is 10.2. The fourth-order valence-corrected chi connectivity index (χ4v) is 2.62. The third-order valence-corrected chi connectivity index (χ3v) is 4.06. The fourth-order valence-electron chi connectivity index (χ4n) is 1.69. The van der Waals surface area contributed by atoms with E-state index in [4.69, 9.17) is 4.74 Å². The van der Waals surface area contributed by atoms with Crippen LogP contribution in [0.25, 0.3) is 0 Å². The van der Waals surface area contributed by atoms with E-state index >= 15 is 0 Å². The number of benzene rings is 2. The second-order valence-corrected chi connectivity index (χ2v) is 5.94. The molecule has 22 heavy (non-hydrogen) atoms. The molecule has 0 aliphatic rings. The van der Waals surface area contributed by atoms with Crippen LogP contribution in [0, 0.1) is 0 Å². The van der Waals surface area contributed by atoms with Crippen LogP contribution in [0.4, 0.5) is 0 Å². The Hall–Kier alpha value is -1.86. The van der Waals surface area contributed by atoms with Crippen LogP contribution in [0.15, 0.2) is 50.4 Å². The van der Waals surface area contributed by atoms with E-state index in [2.05, 4.69) is 42.4 Å². The standard InChI is InChI=1S/C15H12Br2N2O3/c1-22-13-7-9(6-12(17)14(13)20)8-18-19-15(21)10-4-2-3-5-11(10)16/h2-8,20H,1H3,(H,19,21). The number of halogens is 2. The highest BCUT2D eigenvalue weighted by atomic mass is 79.9. The number of phenolic OH excluding ortho intramolecular Hbond substituents is 1. The van der Waals surface area contributed by atoms with E-state index in [0.29, 0.717) is 25.8 Å². The van der Waals surface area contributed by atoms with Crippen molar-refractivity contribution in [3.05, 3.63) is 56.5 Å². The van der Waals surface area contributed by atoms with Crippen molar-refractivity contribution in [3.63, 3.8) is 0 Å². The average molecular weight is 428 g/mol. The van der Waals surface area contributed by atoms with Gasteiger partial charge in [-0.25, -0.2) is 5.43 Å². The summed E-state index contributed by atoms with van der Waals surface area (Å²) in [6.45, 7) is 0. The third kappa shape index (κ3) is 3.86. The minimum absolute atomic E-state index is 0.0110. The van der Waals surface area contributed by atoms with Crippen molar-refractivity contribution in [2.45, 2.75) is 0 Å². The molecule has 2 aromatic carbocycles. The molecule has 2 aromatic rings. The number of phenols is 1. The number of hydrogen-bond acceptors (Lipinski definition) is 4. The van der Waals surface area contributed by atoms with Crippen LogP contribution in [0.5, 0.6) is 11.5 Å². The Kier molecular flexibility index (Phi) is 5.57. The Morgan fingerprint density at radius 2 is 2.00 bits per heavy atom. The number of carbonyl (C=O) groups excluding carboxylic acids is 1. The lowest BCUT2D eigenvalue weighted by molar-refractivity contribution is 0.0954. The first-order chi connectivity index (χ1) is 10.5. The first-order valence-corrected chi connectivity index (χ1v) is 7.76. The molecule has 0 aliphatic heterocycles. The number of amides is 1. The molecular weight excluding hydrogens is 416 g/mol. The van der Waals surface area contributed by atoms with Gasteiger partial charge in [0.15, 0.2) is 11.5 Å². The Balaban J connectivity index is 2.12. The summed E-state index contributed by atoms with van der Waals surface area (Å²) >= 11 is 6.53. The summed E-state index contributed by atoms with van der Waals surface area (Å²) in [6.07, 6.45) is 1.46. The van der Waals surface area contributed by atoms with E-state index in [0.717, 1.165) is 0 Å². The molecule has 2 rings (SSSR count). The van der Waals surface area contributed by atoms with Crippen LogP contribution in [-0.4, -0.2) is 24.3 Å². The average Bonchev–Trinajstić information content (AvgIpc) is 2.50. The summed E-state index contributed by atoms with van der Waals surface area (Å²) < 4.78 is 6.21. The van der Waals surface area contributed by atoms with E-state index in [9.17, 15) is 9.90 Å². The van der Waals surface area contributed by atoms with E-state index in [1.165, 1.54) is 13.3 Å². The smallest absolute Gasteiger partial charge is 0.272 e. The zero-order valence-corrected chi connectivity index (χ0v) is 14.7. The van der Waals surface area contributed by atoms with Crippen molar-refractivity contribution < 1.29 is 14.6 Å². The van der Waals surface area contributed by atoms with Crippen molar-refractivity contribution in [1.82, 2.24) is 5.43 Å². The van der Waals surface area contributed by atoms with E-state index in [1.54, 1.807) is 30.3 Å². The molecular formula is C15H12Br2N2O3. The maximum Gasteiger partial charge on any atom is 0.272 e. The van der Waals surface area contributed by atoms with Gasteiger partial charge in [0.05, 0.1) is 23.4 Å². The molecule has 7 heteroatoms. The first kappa shape index (κ1) is 16.5. The molecule has 0 aliphatic carbocycles. The predicted molar refractivity (Wildman–Crippen MR) is 91.6 cm³/mol. The van der Waals surface area contributed by atoms with E-state index in [-0.39, 0.29) is 11.7 Å². The Morgan fingerprint density at radius 3 is 2.68 bits per heavy atom. The number of nitrogens with one attached hydrogen (secondary N) is 1. The molecule has 0 saturated carbocycles. The lowest BCUT2D eigenvalue weighted by Gasteiger charge is -2.06. The second-order valence-electron chi connectivity index (χ2n) is 4.23. The van der Waals surface area contributed by atoms with Crippen LogP contribution >= 0.6 is 31.9 Å². The number of aromatic hydroxyl groups is 1. The molecule has 2 N–H and O–H groups in total.